The van der Waals surface area contributed by atoms with Crippen LogP contribution in [0, 0.1) is 5.82 Å². The molecule has 1 aromatic heterocycles. The summed E-state index contributed by atoms with van der Waals surface area (Å²) in [5.74, 6) is -0.935. The largest absolute Gasteiger partial charge is 0.493 e. The SMILES string of the molecule is COCc1nc(O)c(-c2ccccc2F)c(=O)[nH]1. The van der Waals surface area contributed by atoms with Gasteiger partial charge >= 0.3 is 0 Å². The quantitative estimate of drug-likeness (QED) is 0.864. The molecule has 0 unspecified atom stereocenters. The number of nitrogens with one attached hydrogen (secondary N) is 1. The van der Waals surface area contributed by atoms with Crippen LogP contribution >= 0.6 is 0 Å². The van der Waals surface area contributed by atoms with Crippen molar-refractivity contribution >= 4 is 0 Å². The molecule has 2 N–H and O–H groups in total. The molecular formula is C12H11FN2O3. The van der Waals surface area contributed by atoms with Gasteiger partial charge in [-0.2, -0.15) is 4.98 Å². The van der Waals surface area contributed by atoms with Gasteiger partial charge in [0.1, 0.15) is 23.8 Å². The third-order valence-electron chi connectivity index (χ3n) is 2.37. The Labute approximate surface area is 102 Å². The van der Waals surface area contributed by atoms with Crippen LogP contribution in [0.3, 0.4) is 0 Å². The summed E-state index contributed by atoms with van der Waals surface area (Å²) < 4.78 is 18.4. The van der Waals surface area contributed by atoms with Crippen molar-refractivity contribution < 1.29 is 14.2 Å². The molecular weight excluding hydrogens is 239 g/mol. The molecule has 1 aromatic carbocycles. The molecule has 0 aliphatic rings. The summed E-state index contributed by atoms with van der Waals surface area (Å²) in [5, 5.41) is 9.72. The zero-order chi connectivity index (χ0) is 13.1. The molecule has 0 fully saturated rings. The van der Waals surface area contributed by atoms with Crippen LogP contribution in [0.2, 0.25) is 0 Å². The number of H-pyrrole nitrogens is 1. The molecule has 0 radical (unpaired) electrons. The molecule has 18 heavy (non-hydrogen) atoms. The topological polar surface area (TPSA) is 75.2 Å². The molecule has 2 rings (SSSR count). The Hall–Kier alpha value is -2.21. The number of ether oxygens (including phenoxy) is 1. The van der Waals surface area contributed by atoms with Crippen LogP contribution in [0.1, 0.15) is 5.82 Å². The number of halogens is 1. The number of benzene rings is 1. The highest BCUT2D eigenvalue weighted by Crippen LogP contribution is 2.25. The Balaban J connectivity index is 2.60. The van der Waals surface area contributed by atoms with Gasteiger partial charge in [-0.3, -0.25) is 4.79 Å². The summed E-state index contributed by atoms with van der Waals surface area (Å²) in [6.45, 7) is 0.0559. The van der Waals surface area contributed by atoms with Crippen molar-refractivity contribution in [2.24, 2.45) is 0 Å². The van der Waals surface area contributed by atoms with E-state index in [0.717, 1.165) is 0 Å². The van der Waals surface area contributed by atoms with Crippen molar-refractivity contribution in [2.75, 3.05) is 7.11 Å². The van der Waals surface area contributed by atoms with E-state index >= 15 is 0 Å². The van der Waals surface area contributed by atoms with E-state index < -0.39 is 17.3 Å². The fraction of sp³-hybridized carbons (Fsp3) is 0.167. The van der Waals surface area contributed by atoms with Gasteiger partial charge in [0.15, 0.2) is 0 Å². The van der Waals surface area contributed by atoms with Gasteiger partial charge in [0, 0.05) is 12.7 Å². The normalized spacial score (nSPS) is 10.6. The van der Waals surface area contributed by atoms with Crippen molar-refractivity contribution in [3.63, 3.8) is 0 Å². The lowest BCUT2D eigenvalue weighted by Crippen LogP contribution is -2.15. The monoisotopic (exact) mass is 250 g/mol. The van der Waals surface area contributed by atoms with Gasteiger partial charge in [0.2, 0.25) is 5.88 Å². The Bertz CT molecular complexity index is 625. The van der Waals surface area contributed by atoms with Crippen molar-refractivity contribution in [1.82, 2.24) is 9.97 Å². The van der Waals surface area contributed by atoms with Crippen LogP contribution < -0.4 is 5.56 Å². The molecule has 0 amide bonds. The lowest BCUT2D eigenvalue weighted by Gasteiger charge is -2.06. The maximum absolute atomic E-state index is 13.6. The molecule has 0 aliphatic carbocycles. The molecule has 0 saturated carbocycles. The molecule has 6 heteroatoms. The number of aromatic nitrogens is 2. The van der Waals surface area contributed by atoms with Crippen LogP contribution in [0.15, 0.2) is 29.1 Å². The highest BCUT2D eigenvalue weighted by Gasteiger charge is 2.15. The smallest absolute Gasteiger partial charge is 0.262 e. The predicted molar refractivity (Wildman–Crippen MR) is 62.6 cm³/mol. The number of nitrogens with zero attached hydrogens (tertiary/aromatic N) is 1. The van der Waals surface area contributed by atoms with Crippen LogP contribution in [0.25, 0.3) is 11.1 Å². The van der Waals surface area contributed by atoms with E-state index in [4.69, 9.17) is 4.74 Å². The van der Waals surface area contributed by atoms with Crippen LogP contribution in [0.5, 0.6) is 5.88 Å². The van der Waals surface area contributed by atoms with E-state index in [1.54, 1.807) is 6.07 Å². The maximum Gasteiger partial charge on any atom is 0.262 e. The number of aromatic hydroxyl groups is 1. The molecule has 2 aromatic rings. The Morgan fingerprint density at radius 1 is 1.44 bits per heavy atom. The van der Waals surface area contributed by atoms with E-state index in [-0.39, 0.29) is 23.6 Å². The van der Waals surface area contributed by atoms with Crippen molar-refractivity contribution in [1.29, 1.82) is 0 Å². The van der Waals surface area contributed by atoms with E-state index in [2.05, 4.69) is 9.97 Å². The summed E-state index contributed by atoms with van der Waals surface area (Å²) in [7, 11) is 1.43. The molecule has 0 atom stereocenters. The first-order valence-electron chi connectivity index (χ1n) is 5.19. The minimum absolute atomic E-state index is 0.00715. The van der Waals surface area contributed by atoms with Gasteiger partial charge in [0.25, 0.3) is 5.56 Å². The van der Waals surface area contributed by atoms with Gasteiger partial charge in [-0.05, 0) is 6.07 Å². The first-order valence-corrected chi connectivity index (χ1v) is 5.19. The Kier molecular flexibility index (Phi) is 3.38. The first kappa shape index (κ1) is 12.3. The zero-order valence-corrected chi connectivity index (χ0v) is 9.61. The summed E-state index contributed by atoms with van der Waals surface area (Å²) >= 11 is 0. The molecule has 5 nitrogen and oxygen atoms in total. The second kappa shape index (κ2) is 4.97. The van der Waals surface area contributed by atoms with E-state index in [9.17, 15) is 14.3 Å². The minimum Gasteiger partial charge on any atom is -0.493 e. The summed E-state index contributed by atoms with van der Waals surface area (Å²) in [6.07, 6.45) is 0. The van der Waals surface area contributed by atoms with E-state index in [1.165, 1.54) is 25.3 Å². The number of methoxy groups -OCH3 is 1. The molecule has 94 valence electrons. The van der Waals surface area contributed by atoms with Crippen molar-refractivity contribution in [3.05, 3.63) is 46.3 Å². The number of hydrogen-bond donors (Lipinski definition) is 2. The highest BCUT2D eigenvalue weighted by atomic mass is 19.1. The summed E-state index contributed by atoms with van der Waals surface area (Å²) in [4.78, 5) is 18.0. The van der Waals surface area contributed by atoms with Gasteiger partial charge in [-0.15, -0.1) is 0 Å². The molecule has 0 saturated heterocycles. The van der Waals surface area contributed by atoms with Gasteiger partial charge in [-0.25, -0.2) is 4.39 Å². The molecule has 1 heterocycles. The number of aromatic amines is 1. The fourth-order valence-corrected chi connectivity index (χ4v) is 1.62. The lowest BCUT2D eigenvalue weighted by atomic mass is 10.1. The third-order valence-corrected chi connectivity index (χ3v) is 2.37. The number of rotatable bonds is 3. The lowest BCUT2D eigenvalue weighted by molar-refractivity contribution is 0.176. The molecule has 0 bridgehead atoms. The Morgan fingerprint density at radius 3 is 2.78 bits per heavy atom. The average molecular weight is 250 g/mol. The third kappa shape index (κ3) is 2.23. The second-order valence-electron chi connectivity index (χ2n) is 3.62. The van der Waals surface area contributed by atoms with Crippen molar-refractivity contribution in [2.45, 2.75) is 6.61 Å². The van der Waals surface area contributed by atoms with Crippen molar-refractivity contribution in [3.8, 4) is 17.0 Å². The standard InChI is InChI=1S/C12H11FN2O3/c1-18-6-9-14-11(16)10(12(17)15-9)7-4-2-3-5-8(7)13/h2-5H,6H2,1H3,(H2,14,15,16,17). The average Bonchev–Trinajstić information content (AvgIpc) is 2.31. The van der Waals surface area contributed by atoms with Gasteiger partial charge < -0.3 is 14.8 Å². The predicted octanol–water partition coefficient (Wildman–Crippen LogP) is 1.43. The zero-order valence-electron chi connectivity index (χ0n) is 9.61. The first-order chi connectivity index (χ1) is 8.63. The van der Waals surface area contributed by atoms with E-state index in [1.807, 2.05) is 0 Å². The Morgan fingerprint density at radius 2 is 2.17 bits per heavy atom. The second-order valence-corrected chi connectivity index (χ2v) is 3.62. The van der Waals surface area contributed by atoms with E-state index in [0.29, 0.717) is 0 Å². The van der Waals surface area contributed by atoms with Crippen LogP contribution in [-0.4, -0.2) is 22.2 Å². The molecule has 0 spiro atoms. The summed E-state index contributed by atoms with van der Waals surface area (Å²) in [6, 6.07) is 5.67. The van der Waals surface area contributed by atoms with Gasteiger partial charge in [-0.1, -0.05) is 18.2 Å². The maximum atomic E-state index is 13.6. The minimum atomic E-state index is -0.611. The van der Waals surface area contributed by atoms with Crippen LogP contribution in [0.4, 0.5) is 4.39 Å². The van der Waals surface area contributed by atoms with Gasteiger partial charge in [0.05, 0.1) is 0 Å². The molecule has 0 aliphatic heterocycles. The highest BCUT2D eigenvalue weighted by molar-refractivity contribution is 5.67. The number of hydrogen-bond acceptors (Lipinski definition) is 4. The fourth-order valence-electron chi connectivity index (χ4n) is 1.62. The van der Waals surface area contributed by atoms with Crippen LogP contribution in [-0.2, 0) is 11.3 Å². The summed E-state index contributed by atoms with van der Waals surface area (Å²) in [5.41, 5.74) is -0.791.